The lowest BCUT2D eigenvalue weighted by Crippen LogP contribution is -2.37. The van der Waals surface area contributed by atoms with E-state index in [4.69, 9.17) is 4.42 Å². The van der Waals surface area contributed by atoms with Crippen LogP contribution in [0.1, 0.15) is 46.3 Å². The largest absolute Gasteiger partial charge is 0.447 e. The molecule has 1 N–H and O–H groups in total. The highest BCUT2D eigenvalue weighted by atomic mass is 32.2. The van der Waals surface area contributed by atoms with Crippen LogP contribution in [0.3, 0.4) is 0 Å². The maximum Gasteiger partial charge on any atom is 0.276 e. The minimum absolute atomic E-state index is 0.0308. The summed E-state index contributed by atoms with van der Waals surface area (Å²) in [5.74, 6) is 0.650. The van der Waals surface area contributed by atoms with E-state index in [1.54, 1.807) is 12.1 Å². The topological polar surface area (TPSA) is 62.6 Å². The monoisotopic (exact) mass is 302 g/mol. The molecule has 1 heterocycles. The maximum absolute atomic E-state index is 12.5. The summed E-state index contributed by atoms with van der Waals surface area (Å²) in [7, 11) is -3.53. The van der Waals surface area contributed by atoms with Crippen molar-refractivity contribution in [1.82, 2.24) is 9.62 Å². The van der Waals surface area contributed by atoms with Gasteiger partial charge in [0.1, 0.15) is 5.76 Å². The van der Waals surface area contributed by atoms with Gasteiger partial charge in [0, 0.05) is 12.6 Å². The molecule has 5 nitrogen and oxygen atoms in total. The molecule has 0 aromatic carbocycles. The molecular formula is C14H26N2O3S. The molecule has 0 aliphatic carbocycles. The van der Waals surface area contributed by atoms with Gasteiger partial charge in [-0.25, -0.2) is 8.42 Å². The Morgan fingerprint density at radius 3 is 2.55 bits per heavy atom. The summed E-state index contributed by atoms with van der Waals surface area (Å²) >= 11 is 0. The van der Waals surface area contributed by atoms with E-state index in [2.05, 4.69) is 12.2 Å². The van der Waals surface area contributed by atoms with E-state index in [9.17, 15) is 8.42 Å². The number of nitrogens with zero attached hydrogens (tertiary/aromatic N) is 1. The molecule has 0 fully saturated rings. The molecule has 0 saturated heterocycles. The molecule has 0 aliphatic heterocycles. The van der Waals surface area contributed by atoms with E-state index in [0.717, 1.165) is 19.4 Å². The molecule has 20 heavy (non-hydrogen) atoms. The first-order valence-electron chi connectivity index (χ1n) is 7.28. The molecule has 0 spiro atoms. The van der Waals surface area contributed by atoms with Crippen molar-refractivity contribution in [3.8, 4) is 0 Å². The van der Waals surface area contributed by atoms with E-state index in [1.807, 2.05) is 20.8 Å². The highest BCUT2D eigenvalue weighted by Gasteiger charge is 2.29. The Balaban J connectivity index is 2.87. The molecule has 1 rings (SSSR count). The summed E-state index contributed by atoms with van der Waals surface area (Å²) < 4.78 is 32.0. The first-order chi connectivity index (χ1) is 9.47. The normalized spacial score (nSPS) is 13.8. The molecule has 0 saturated carbocycles. The molecular weight excluding hydrogens is 276 g/mol. The Morgan fingerprint density at radius 2 is 2.00 bits per heavy atom. The van der Waals surface area contributed by atoms with Gasteiger partial charge in [-0.1, -0.05) is 20.8 Å². The van der Waals surface area contributed by atoms with Gasteiger partial charge in [0.15, 0.2) is 0 Å². The first-order valence-corrected chi connectivity index (χ1v) is 8.72. The number of rotatable bonds is 9. The zero-order chi connectivity index (χ0) is 15.2. The zero-order valence-corrected chi connectivity index (χ0v) is 13.7. The predicted octanol–water partition coefficient (Wildman–Crippen LogP) is 2.59. The second-order valence-electron chi connectivity index (χ2n) is 4.86. The van der Waals surface area contributed by atoms with Crippen LogP contribution in [0.25, 0.3) is 0 Å². The van der Waals surface area contributed by atoms with E-state index in [-0.39, 0.29) is 11.1 Å². The lowest BCUT2D eigenvalue weighted by molar-refractivity contribution is 0.322. The summed E-state index contributed by atoms with van der Waals surface area (Å²) in [6.07, 6.45) is 1.81. The molecule has 1 aromatic rings. The SMILES string of the molecule is CCCNCc1ccc(S(=O)(=O)N(CC)C(C)CC)o1. The fourth-order valence-electron chi connectivity index (χ4n) is 2.02. The van der Waals surface area contributed by atoms with Crippen LogP contribution >= 0.6 is 0 Å². The van der Waals surface area contributed by atoms with Crippen LogP contribution in [0.2, 0.25) is 0 Å². The summed E-state index contributed by atoms with van der Waals surface area (Å²) in [4.78, 5) is 0. The third-order valence-corrected chi connectivity index (χ3v) is 5.28. The summed E-state index contributed by atoms with van der Waals surface area (Å²) in [5.41, 5.74) is 0. The number of nitrogens with one attached hydrogen (secondary N) is 1. The van der Waals surface area contributed by atoms with Crippen molar-refractivity contribution >= 4 is 10.0 Å². The summed E-state index contributed by atoms with van der Waals surface area (Å²) in [6.45, 7) is 9.70. The molecule has 1 aromatic heterocycles. The quantitative estimate of drug-likeness (QED) is 0.712. The number of sulfonamides is 1. The van der Waals surface area contributed by atoms with Crippen LogP contribution in [-0.4, -0.2) is 31.9 Å². The summed E-state index contributed by atoms with van der Waals surface area (Å²) in [6, 6.07) is 3.24. The Hall–Kier alpha value is -0.850. The Bertz CT molecular complexity index is 496. The first kappa shape index (κ1) is 17.2. The van der Waals surface area contributed by atoms with Gasteiger partial charge in [0.05, 0.1) is 6.54 Å². The van der Waals surface area contributed by atoms with Crippen molar-refractivity contribution in [2.45, 2.75) is 58.2 Å². The van der Waals surface area contributed by atoms with Gasteiger partial charge in [-0.15, -0.1) is 0 Å². The van der Waals surface area contributed by atoms with E-state index < -0.39 is 10.0 Å². The summed E-state index contributed by atoms with van der Waals surface area (Å²) in [5, 5.41) is 3.23. The van der Waals surface area contributed by atoms with Gasteiger partial charge < -0.3 is 9.73 Å². The average Bonchev–Trinajstić information content (AvgIpc) is 2.89. The maximum atomic E-state index is 12.5. The second kappa shape index (κ2) is 7.81. The predicted molar refractivity (Wildman–Crippen MR) is 80.0 cm³/mol. The fraction of sp³-hybridized carbons (Fsp3) is 0.714. The van der Waals surface area contributed by atoms with Crippen LogP contribution < -0.4 is 5.32 Å². The van der Waals surface area contributed by atoms with Crippen LogP contribution in [-0.2, 0) is 16.6 Å². The van der Waals surface area contributed by atoms with Gasteiger partial charge in [0.25, 0.3) is 10.0 Å². The fourth-order valence-corrected chi connectivity index (χ4v) is 3.66. The highest BCUT2D eigenvalue weighted by molar-refractivity contribution is 7.89. The zero-order valence-electron chi connectivity index (χ0n) is 12.8. The standard InChI is InChI=1S/C14H26N2O3S/c1-5-10-15-11-13-8-9-14(19-13)20(17,18)16(7-3)12(4)6-2/h8-9,12,15H,5-7,10-11H2,1-4H3. The van der Waals surface area contributed by atoms with Gasteiger partial charge >= 0.3 is 0 Å². The Morgan fingerprint density at radius 1 is 1.30 bits per heavy atom. The number of hydrogen-bond acceptors (Lipinski definition) is 4. The van der Waals surface area contributed by atoms with Crippen LogP contribution in [0.4, 0.5) is 0 Å². The number of furan rings is 1. The molecule has 0 amide bonds. The minimum Gasteiger partial charge on any atom is -0.447 e. The van der Waals surface area contributed by atoms with E-state index in [0.29, 0.717) is 18.8 Å². The smallest absolute Gasteiger partial charge is 0.276 e. The second-order valence-corrected chi connectivity index (χ2v) is 6.68. The van der Waals surface area contributed by atoms with Crippen molar-refractivity contribution in [1.29, 1.82) is 0 Å². The van der Waals surface area contributed by atoms with Gasteiger partial charge in [-0.2, -0.15) is 4.31 Å². The molecule has 0 radical (unpaired) electrons. The van der Waals surface area contributed by atoms with Crippen molar-refractivity contribution < 1.29 is 12.8 Å². The lowest BCUT2D eigenvalue weighted by Gasteiger charge is -2.24. The molecule has 1 unspecified atom stereocenters. The number of hydrogen-bond donors (Lipinski definition) is 1. The Kier molecular flexibility index (Phi) is 6.71. The van der Waals surface area contributed by atoms with Gasteiger partial charge in [0.2, 0.25) is 5.09 Å². The third-order valence-electron chi connectivity index (χ3n) is 3.32. The molecule has 0 bridgehead atoms. The Labute approximate surface area is 122 Å². The van der Waals surface area contributed by atoms with Crippen LogP contribution in [0.15, 0.2) is 21.6 Å². The molecule has 0 aliphatic rings. The van der Waals surface area contributed by atoms with Crippen molar-refractivity contribution in [2.24, 2.45) is 0 Å². The minimum atomic E-state index is -3.53. The van der Waals surface area contributed by atoms with Crippen molar-refractivity contribution in [2.75, 3.05) is 13.1 Å². The average molecular weight is 302 g/mol. The highest BCUT2D eigenvalue weighted by Crippen LogP contribution is 2.21. The van der Waals surface area contributed by atoms with Gasteiger partial charge in [-0.3, -0.25) is 0 Å². The van der Waals surface area contributed by atoms with Crippen molar-refractivity contribution in [3.63, 3.8) is 0 Å². The van der Waals surface area contributed by atoms with Crippen LogP contribution in [0.5, 0.6) is 0 Å². The van der Waals surface area contributed by atoms with Gasteiger partial charge in [-0.05, 0) is 38.4 Å². The third kappa shape index (κ3) is 4.07. The van der Waals surface area contributed by atoms with Crippen molar-refractivity contribution in [3.05, 3.63) is 17.9 Å². The van der Waals surface area contributed by atoms with Crippen LogP contribution in [0, 0.1) is 0 Å². The lowest BCUT2D eigenvalue weighted by atomic mass is 10.3. The molecule has 6 heteroatoms. The van der Waals surface area contributed by atoms with E-state index in [1.165, 1.54) is 4.31 Å². The molecule has 116 valence electrons. The van der Waals surface area contributed by atoms with E-state index >= 15 is 0 Å². The molecule has 1 atom stereocenters.